The van der Waals surface area contributed by atoms with Gasteiger partial charge in [-0.05, 0) is 77.6 Å². The quantitative estimate of drug-likeness (QED) is 0.141. The molecular weight excluding hydrogens is 416 g/mol. The third-order valence-corrected chi connectivity index (χ3v) is 11.4. The van der Waals surface area contributed by atoms with E-state index in [2.05, 4.69) is 90.3 Å². The third kappa shape index (κ3) is 2.95. The molecule has 0 unspecified atom stereocenters. The van der Waals surface area contributed by atoms with E-state index in [0.29, 0.717) is 0 Å². The molecule has 1 aliphatic heterocycles. The highest BCUT2D eigenvalue weighted by molar-refractivity contribution is 6.77. The number of nitrogens with zero attached hydrogens (tertiary/aromatic N) is 2. The maximum atomic E-state index is 4.83. The predicted molar refractivity (Wildman–Crippen MR) is 144 cm³/mol. The molecule has 6 aromatic rings. The van der Waals surface area contributed by atoms with E-state index in [9.17, 15) is 0 Å². The van der Waals surface area contributed by atoms with Crippen molar-refractivity contribution in [2.45, 2.75) is 43.9 Å². The second kappa shape index (κ2) is 6.91. The zero-order valence-electron chi connectivity index (χ0n) is 19.3. The number of rotatable bonds is 1. The number of benzene rings is 3. The van der Waals surface area contributed by atoms with Crippen LogP contribution in [-0.4, -0.2) is 17.5 Å². The molecule has 0 N–H and O–H groups in total. The Hall–Kier alpha value is -3.17. The lowest BCUT2D eigenvalue weighted by Gasteiger charge is -2.33. The van der Waals surface area contributed by atoms with Crippen molar-refractivity contribution in [2.75, 3.05) is 0 Å². The molecule has 33 heavy (non-hydrogen) atoms. The first kappa shape index (κ1) is 19.3. The van der Waals surface area contributed by atoms with Crippen molar-refractivity contribution in [3.8, 4) is 0 Å². The Morgan fingerprint density at radius 2 is 1.45 bits per heavy atom. The Kier molecular flexibility index (Phi) is 4.04. The van der Waals surface area contributed by atoms with Gasteiger partial charge < -0.3 is 4.40 Å². The van der Waals surface area contributed by atoms with Crippen LogP contribution in [0.25, 0.3) is 49.0 Å². The summed E-state index contributed by atoms with van der Waals surface area (Å²) < 4.78 is 2.46. The standard InChI is InChI=1S/C30H28N2Si/c1-33(2)14-11-20(12-15-33)23-9-10-27-24(16-23)19-28-25-8-5-13-31-30(25)26-17-21-6-3-4-7-22(21)18-29(26)32(27)28/h3-10,13,16-20H,11-12,14-15H2,1-2H3. The minimum atomic E-state index is -0.940. The summed E-state index contributed by atoms with van der Waals surface area (Å²) >= 11 is 0. The van der Waals surface area contributed by atoms with Crippen LogP contribution in [0, 0.1) is 0 Å². The van der Waals surface area contributed by atoms with Gasteiger partial charge in [-0.3, -0.25) is 4.98 Å². The molecule has 3 heteroatoms. The predicted octanol–water partition coefficient (Wildman–Crippen LogP) is 8.53. The van der Waals surface area contributed by atoms with Gasteiger partial charge in [0.15, 0.2) is 0 Å². The molecule has 1 saturated heterocycles. The van der Waals surface area contributed by atoms with Crippen LogP contribution in [-0.2, 0) is 0 Å². The third-order valence-electron chi connectivity index (χ3n) is 8.08. The number of pyridine rings is 2. The maximum Gasteiger partial charge on any atom is 0.0816 e. The summed E-state index contributed by atoms with van der Waals surface area (Å²) in [5.41, 5.74) is 6.41. The normalized spacial score (nSPS) is 17.0. The van der Waals surface area contributed by atoms with Crippen LogP contribution in [0.15, 0.2) is 79.0 Å². The monoisotopic (exact) mass is 444 g/mol. The highest BCUT2D eigenvalue weighted by Gasteiger charge is 2.29. The van der Waals surface area contributed by atoms with Crippen molar-refractivity contribution in [3.63, 3.8) is 0 Å². The van der Waals surface area contributed by atoms with Gasteiger partial charge in [-0.2, -0.15) is 0 Å². The second-order valence-corrected chi connectivity index (χ2v) is 16.1. The van der Waals surface area contributed by atoms with Gasteiger partial charge in [0.2, 0.25) is 0 Å². The molecule has 0 radical (unpaired) electrons. The van der Waals surface area contributed by atoms with Gasteiger partial charge in [-0.25, -0.2) is 0 Å². The molecule has 0 atom stereocenters. The van der Waals surface area contributed by atoms with E-state index in [1.54, 1.807) is 0 Å². The van der Waals surface area contributed by atoms with Crippen molar-refractivity contribution in [2.24, 2.45) is 0 Å². The molecule has 0 bridgehead atoms. The van der Waals surface area contributed by atoms with Crippen LogP contribution >= 0.6 is 0 Å². The number of fused-ring (bicyclic) bond motifs is 9. The van der Waals surface area contributed by atoms with Crippen molar-refractivity contribution in [1.82, 2.24) is 9.38 Å². The van der Waals surface area contributed by atoms with Gasteiger partial charge in [0.05, 0.1) is 22.1 Å². The van der Waals surface area contributed by atoms with E-state index in [-0.39, 0.29) is 0 Å². The summed E-state index contributed by atoms with van der Waals surface area (Å²) in [4.78, 5) is 4.83. The fourth-order valence-electron chi connectivity index (χ4n) is 6.11. The first-order valence-corrected chi connectivity index (χ1v) is 15.6. The van der Waals surface area contributed by atoms with Crippen molar-refractivity contribution < 1.29 is 0 Å². The molecule has 0 aliphatic carbocycles. The van der Waals surface area contributed by atoms with Crippen LogP contribution in [0.3, 0.4) is 0 Å². The molecule has 2 nitrogen and oxygen atoms in total. The Morgan fingerprint density at radius 1 is 0.727 bits per heavy atom. The molecule has 0 saturated carbocycles. The van der Waals surface area contributed by atoms with Crippen molar-refractivity contribution >= 4 is 57.1 Å². The van der Waals surface area contributed by atoms with Crippen LogP contribution in [0.2, 0.25) is 25.2 Å². The summed E-state index contributed by atoms with van der Waals surface area (Å²) in [5, 5.41) is 6.33. The maximum absolute atomic E-state index is 4.83. The molecule has 0 spiro atoms. The molecule has 3 aromatic heterocycles. The van der Waals surface area contributed by atoms with Gasteiger partial charge in [0.1, 0.15) is 0 Å². The highest BCUT2D eigenvalue weighted by atomic mass is 28.3. The lowest BCUT2D eigenvalue weighted by Crippen LogP contribution is -2.30. The van der Waals surface area contributed by atoms with Gasteiger partial charge in [-0.15, -0.1) is 0 Å². The minimum Gasteiger partial charge on any atom is -0.308 e. The van der Waals surface area contributed by atoms with E-state index in [0.717, 1.165) is 11.4 Å². The minimum absolute atomic E-state index is 0.719. The summed E-state index contributed by atoms with van der Waals surface area (Å²) in [6.07, 6.45) is 4.64. The number of aromatic nitrogens is 2. The first-order valence-electron chi connectivity index (χ1n) is 12.2. The van der Waals surface area contributed by atoms with Crippen molar-refractivity contribution in [1.29, 1.82) is 0 Å². The number of hydrogen-bond donors (Lipinski definition) is 0. The average molecular weight is 445 g/mol. The number of hydrogen-bond acceptors (Lipinski definition) is 1. The summed E-state index contributed by atoms with van der Waals surface area (Å²) in [6.45, 7) is 5.11. The lowest BCUT2D eigenvalue weighted by molar-refractivity contribution is 0.602. The highest BCUT2D eigenvalue weighted by Crippen LogP contribution is 2.40. The SMILES string of the molecule is C[Si]1(C)CCC(c2ccc3c(c2)cc2c4cccnc4c4cc5ccccc5cc4n32)CC1. The first-order chi connectivity index (χ1) is 16.1. The summed E-state index contributed by atoms with van der Waals surface area (Å²) in [5.74, 6) is 0.719. The van der Waals surface area contributed by atoms with Gasteiger partial charge in [-0.1, -0.05) is 55.5 Å². The zero-order valence-corrected chi connectivity index (χ0v) is 20.3. The van der Waals surface area contributed by atoms with E-state index < -0.39 is 8.07 Å². The topological polar surface area (TPSA) is 17.3 Å². The Labute approximate surface area is 194 Å². The molecule has 4 heterocycles. The smallest absolute Gasteiger partial charge is 0.0816 e. The molecule has 162 valence electrons. The van der Waals surface area contributed by atoms with Crippen LogP contribution in [0.5, 0.6) is 0 Å². The second-order valence-electron chi connectivity index (χ2n) is 10.7. The zero-order chi connectivity index (χ0) is 22.2. The van der Waals surface area contributed by atoms with E-state index >= 15 is 0 Å². The van der Waals surface area contributed by atoms with E-state index in [1.807, 2.05) is 6.20 Å². The molecule has 1 aliphatic rings. The molecule has 7 rings (SSSR count). The van der Waals surface area contributed by atoms with Crippen LogP contribution in [0.1, 0.15) is 24.3 Å². The Balaban J connectivity index is 1.53. The fourth-order valence-corrected chi connectivity index (χ4v) is 8.62. The van der Waals surface area contributed by atoms with Crippen LogP contribution < -0.4 is 0 Å². The Bertz CT molecular complexity index is 1700. The van der Waals surface area contributed by atoms with Crippen LogP contribution in [0.4, 0.5) is 0 Å². The molecular formula is C30H28N2Si. The van der Waals surface area contributed by atoms with Gasteiger partial charge in [0, 0.05) is 30.4 Å². The fraction of sp³-hybridized carbons (Fsp3) is 0.233. The van der Waals surface area contributed by atoms with E-state index in [4.69, 9.17) is 4.98 Å². The molecule has 3 aromatic carbocycles. The van der Waals surface area contributed by atoms with E-state index in [1.165, 1.54) is 74.0 Å². The van der Waals surface area contributed by atoms with Gasteiger partial charge >= 0.3 is 0 Å². The molecule has 1 fully saturated rings. The lowest BCUT2D eigenvalue weighted by atomic mass is 9.92. The molecule has 0 amide bonds. The van der Waals surface area contributed by atoms with Crippen molar-refractivity contribution in [3.05, 3.63) is 84.6 Å². The largest absolute Gasteiger partial charge is 0.308 e. The summed E-state index contributed by atoms with van der Waals surface area (Å²) in [6, 6.07) is 30.1. The van der Waals surface area contributed by atoms with Gasteiger partial charge in [0.25, 0.3) is 0 Å². The Morgan fingerprint density at radius 3 is 2.27 bits per heavy atom. The summed E-state index contributed by atoms with van der Waals surface area (Å²) in [7, 11) is -0.940. The average Bonchev–Trinajstić information content (AvgIpc) is 3.22.